The summed E-state index contributed by atoms with van der Waals surface area (Å²) in [5, 5.41) is 0.861. The third-order valence-electron chi connectivity index (χ3n) is 3.80. The van der Waals surface area contributed by atoms with E-state index < -0.39 is 0 Å². The number of hydrogen-bond donors (Lipinski definition) is 1. The van der Waals surface area contributed by atoms with E-state index in [0.717, 1.165) is 32.4 Å². The molecule has 2 N–H and O–H groups in total. The molecular formula is C19H24Cl2N2O. The Morgan fingerprint density at radius 2 is 1.67 bits per heavy atom. The highest BCUT2D eigenvalue weighted by Gasteiger charge is 2.05. The molecule has 130 valence electrons. The summed E-state index contributed by atoms with van der Waals surface area (Å²) in [5.74, 6) is 0.667. The van der Waals surface area contributed by atoms with Crippen LogP contribution in [0.4, 0.5) is 5.69 Å². The first kappa shape index (κ1) is 18.9. The summed E-state index contributed by atoms with van der Waals surface area (Å²) in [5.41, 5.74) is 7.45. The summed E-state index contributed by atoms with van der Waals surface area (Å²) in [6, 6.07) is 13.9. The standard InChI is InChI=1S/C19H24Cl2N2O/c1-23(14-15-8-4-2-5-9-15)10-6-3-7-11-24-16-12-17(20)19(22)18(21)13-16/h2,4-5,8-9,12-13H,3,6-7,10-11,14,22H2,1H3. The Morgan fingerprint density at radius 3 is 2.33 bits per heavy atom. The molecule has 0 atom stereocenters. The molecule has 0 radical (unpaired) electrons. The van der Waals surface area contributed by atoms with Crippen molar-refractivity contribution >= 4 is 28.9 Å². The molecule has 0 spiro atoms. The Kier molecular flexibility index (Phi) is 7.70. The number of nitrogen functional groups attached to an aromatic ring is 1. The highest BCUT2D eigenvalue weighted by molar-refractivity contribution is 6.39. The zero-order valence-electron chi connectivity index (χ0n) is 14.0. The molecule has 24 heavy (non-hydrogen) atoms. The average molecular weight is 367 g/mol. The van der Waals surface area contributed by atoms with Crippen molar-refractivity contribution in [1.82, 2.24) is 4.90 Å². The maximum atomic E-state index is 5.99. The summed E-state index contributed by atoms with van der Waals surface area (Å²) in [7, 11) is 2.15. The molecule has 5 heteroatoms. The van der Waals surface area contributed by atoms with Gasteiger partial charge in [-0.25, -0.2) is 0 Å². The van der Waals surface area contributed by atoms with E-state index in [9.17, 15) is 0 Å². The van der Waals surface area contributed by atoms with E-state index in [2.05, 4.69) is 36.2 Å². The van der Waals surface area contributed by atoms with Crippen molar-refractivity contribution in [2.24, 2.45) is 0 Å². The zero-order chi connectivity index (χ0) is 17.4. The third kappa shape index (κ3) is 6.23. The number of nitrogens with zero attached hydrogens (tertiary/aromatic N) is 1. The minimum absolute atomic E-state index is 0.395. The second kappa shape index (κ2) is 9.77. The number of halogens is 2. The van der Waals surface area contributed by atoms with Crippen LogP contribution in [0.15, 0.2) is 42.5 Å². The van der Waals surface area contributed by atoms with Crippen molar-refractivity contribution in [3.63, 3.8) is 0 Å². The maximum Gasteiger partial charge on any atom is 0.122 e. The Bertz CT molecular complexity index is 612. The lowest BCUT2D eigenvalue weighted by Crippen LogP contribution is -2.19. The first-order valence-electron chi connectivity index (χ1n) is 8.16. The van der Waals surface area contributed by atoms with Crippen LogP contribution in [0.25, 0.3) is 0 Å². The second-order valence-electron chi connectivity index (χ2n) is 5.93. The lowest BCUT2D eigenvalue weighted by atomic mass is 10.2. The summed E-state index contributed by atoms with van der Waals surface area (Å²) >= 11 is 12.0. The van der Waals surface area contributed by atoms with Gasteiger partial charge in [-0.2, -0.15) is 0 Å². The number of ether oxygens (including phenoxy) is 1. The van der Waals surface area contributed by atoms with Crippen molar-refractivity contribution in [3.8, 4) is 5.75 Å². The van der Waals surface area contributed by atoms with Crippen LogP contribution < -0.4 is 10.5 Å². The van der Waals surface area contributed by atoms with E-state index in [1.807, 2.05) is 6.07 Å². The van der Waals surface area contributed by atoms with Gasteiger partial charge < -0.3 is 15.4 Å². The van der Waals surface area contributed by atoms with Gasteiger partial charge in [0.25, 0.3) is 0 Å². The van der Waals surface area contributed by atoms with E-state index in [1.54, 1.807) is 12.1 Å². The molecule has 0 saturated carbocycles. The van der Waals surface area contributed by atoms with Crippen LogP contribution in [0, 0.1) is 0 Å². The van der Waals surface area contributed by atoms with Gasteiger partial charge in [0, 0.05) is 18.7 Å². The van der Waals surface area contributed by atoms with Crippen LogP contribution in [0.5, 0.6) is 5.75 Å². The van der Waals surface area contributed by atoms with Gasteiger partial charge in [0.1, 0.15) is 5.75 Å². The van der Waals surface area contributed by atoms with Gasteiger partial charge in [0.05, 0.1) is 22.3 Å². The normalized spacial score (nSPS) is 11.0. The topological polar surface area (TPSA) is 38.5 Å². The highest BCUT2D eigenvalue weighted by Crippen LogP contribution is 2.32. The molecule has 2 rings (SSSR count). The van der Waals surface area contributed by atoms with Gasteiger partial charge in [-0.3, -0.25) is 0 Å². The van der Waals surface area contributed by atoms with E-state index in [4.69, 9.17) is 33.7 Å². The first-order chi connectivity index (χ1) is 11.6. The van der Waals surface area contributed by atoms with Gasteiger partial charge in [-0.05, 0) is 38.4 Å². The quantitative estimate of drug-likeness (QED) is 0.486. The van der Waals surface area contributed by atoms with Crippen molar-refractivity contribution < 1.29 is 4.74 Å². The fourth-order valence-corrected chi connectivity index (χ4v) is 2.94. The molecule has 0 aliphatic rings. The Hall–Kier alpha value is -1.42. The van der Waals surface area contributed by atoms with Crippen molar-refractivity contribution in [3.05, 3.63) is 58.1 Å². The van der Waals surface area contributed by atoms with E-state index >= 15 is 0 Å². The number of benzene rings is 2. The van der Waals surface area contributed by atoms with Crippen LogP contribution in [0.3, 0.4) is 0 Å². The summed E-state index contributed by atoms with van der Waals surface area (Å²) in [6.45, 7) is 2.72. The molecule has 0 fully saturated rings. The Morgan fingerprint density at radius 1 is 1.00 bits per heavy atom. The molecule has 0 unspecified atom stereocenters. The van der Waals surface area contributed by atoms with Gasteiger partial charge in [-0.1, -0.05) is 53.5 Å². The Labute approximate surface area is 154 Å². The molecule has 0 bridgehead atoms. The fourth-order valence-electron chi connectivity index (χ4n) is 2.47. The summed E-state index contributed by atoms with van der Waals surface area (Å²) in [6.07, 6.45) is 3.27. The SMILES string of the molecule is CN(CCCCCOc1cc(Cl)c(N)c(Cl)c1)Cc1ccccc1. The number of hydrogen-bond acceptors (Lipinski definition) is 3. The largest absolute Gasteiger partial charge is 0.493 e. The van der Waals surface area contributed by atoms with Crippen LogP contribution in [-0.4, -0.2) is 25.1 Å². The minimum Gasteiger partial charge on any atom is -0.493 e. The second-order valence-corrected chi connectivity index (χ2v) is 6.75. The Balaban J connectivity index is 1.60. The number of unbranched alkanes of at least 4 members (excludes halogenated alkanes) is 2. The van der Waals surface area contributed by atoms with E-state index in [-0.39, 0.29) is 0 Å². The molecule has 0 aliphatic heterocycles. The van der Waals surface area contributed by atoms with E-state index in [0.29, 0.717) is 28.1 Å². The van der Waals surface area contributed by atoms with Crippen LogP contribution in [-0.2, 0) is 6.54 Å². The van der Waals surface area contributed by atoms with Crippen LogP contribution >= 0.6 is 23.2 Å². The molecule has 0 aliphatic carbocycles. The fraction of sp³-hybridized carbons (Fsp3) is 0.368. The van der Waals surface area contributed by atoms with Crippen LogP contribution in [0.2, 0.25) is 10.0 Å². The maximum absolute atomic E-state index is 5.99. The molecule has 0 heterocycles. The molecule has 0 amide bonds. The smallest absolute Gasteiger partial charge is 0.122 e. The van der Waals surface area contributed by atoms with Gasteiger partial charge in [-0.15, -0.1) is 0 Å². The lowest BCUT2D eigenvalue weighted by Gasteiger charge is -2.16. The van der Waals surface area contributed by atoms with Crippen LogP contribution in [0.1, 0.15) is 24.8 Å². The van der Waals surface area contributed by atoms with E-state index in [1.165, 1.54) is 5.56 Å². The zero-order valence-corrected chi connectivity index (χ0v) is 15.5. The highest BCUT2D eigenvalue weighted by atomic mass is 35.5. The average Bonchev–Trinajstić information content (AvgIpc) is 2.56. The molecule has 2 aromatic carbocycles. The summed E-state index contributed by atoms with van der Waals surface area (Å²) in [4.78, 5) is 2.34. The monoisotopic (exact) mass is 366 g/mol. The third-order valence-corrected chi connectivity index (χ3v) is 4.43. The number of rotatable bonds is 9. The van der Waals surface area contributed by atoms with Crippen molar-refractivity contribution in [2.75, 3.05) is 25.9 Å². The lowest BCUT2D eigenvalue weighted by molar-refractivity contribution is 0.287. The predicted molar refractivity (Wildman–Crippen MR) is 103 cm³/mol. The number of anilines is 1. The predicted octanol–water partition coefficient (Wildman–Crippen LogP) is 5.26. The van der Waals surface area contributed by atoms with Gasteiger partial charge in [0.2, 0.25) is 0 Å². The molecule has 0 aromatic heterocycles. The van der Waals surface area contributed by atoms with Gasteiger partial charge >= 0.3 is 0 Å². The van der Waals surface area contributed by atoms with Crippen molar-refractivity contribution in [1.29, 1.82) is 0 Å². The minimum atomic E-state index is 0.395. The molecule has 3 nitrogen and oxygen atoms in total. The molecule has 0 saturated heterocycles. The molecule has 2 aromatic rings. The summed E-state index contributed by atoms with van der Waals surface area (Å²) < 4.78 is 5.69. The van der Waals surface area contributed by atoms with Gasteiger partial charge in [0.15, 0.2) is 0 Å². The van der Waals surface area contributed by atoms with Crippen molar-refractivity contribution in [2.45, 2.75) is 25.8 Å². The molecular weight excluding hydrogens is 343 g/mol. The first-order valence-corrected chi connectivity index (χ1v) is 8.91. The number of nitrogens with two attached hydrogens (primary N) is 1.